The third-order valence-electron chi connectivity index (χ3n) is 4.89. The number of carbonyl (C=O) groups excluding carboxylic acids is 2. The second-order valence-electron chi connectivity index (χ2n) is 9.08. The molecule has 1 aromatic rings. The van der Waals surface area contributed by atoms with Crippen molar-refractivity contribution in [3.8, 4) is 6.07 Å². The van der Waals surface area contributed by atoms with Gasteiger partial charge in [-0.15, -0.1) is 0 Å². The van der Waals surface area contributed by atoms with Crippen LogP contribution in [0.15, 0.2) is 18.2 Å². The number of piperidine rings is 1. The van der Waals surface area contributed by atoms with Gasteiger partial charge in [0.2, 0.25) is 0 Å². The van der Waals surface area contributed by atoms with Gasteiger partial charge in [-0.25, -0.2) is 4.79 Å². The van der Waals surface area contributed by atoms with Gasteiger partial charge in [0.1, 0.15) is 5.60 Å². The number of benzene rings is 1. The maximum atomic E-state index is 13.1. The third-order valence-corrected chi connectivity index (χ3v) is 4.89. The van der Waals surface area contributed by atoms with E-state index in [2.05, 4.69) is 5.32 Å². The molecule has 11 heteroatoms. The number of hydrogen-bond acceptors (Lipinski definition) is 6. The van der Waals surface area contributed by atoms with Crippen molar-refractivity contribution in [2.45, 2.75) is 64.0 Å². The van der Waals surface area contributed by atoms with Gasteiger partial charge in [-0.1, -0.05) is 0 Å². The van der Waals surface area contributed by atoms with E-state index in [1.165, 1.54) is 13.0 Å². The van der Waals surface area contributed by atoms with Crippen molar-refractivity contribution in [1.82, 2.24) is 4.90 Å². The topological polar surface area (TPSA) is 112 Å². The summed E-state index contributed by atoms with van der Waals surface area (Å²) in [6.07, 6.45) is -4.56. The second kappa shape index (κ2) is 9.97. The van der Waals surface area contributed by atoms with Gasteiger partial charge in [-0.3, -0.25) is 4.79 Å². The largest absolute Gasteiger partial charge is 0.444 e. The molecule has 182 valence electrons. The van der Waals surface area contributed by atoms with Gasteiger partial charge in [-0.2, -0.15) is 18.4 Å². The van der Waals surface area contributed by atoms with Crippen molar-refractivity contribution >= 4 is 17.7 Å². The highest BCUT2D eigenvalue weighted by atomic mass is 19.4. The lowest BCUT2D eigenvalue weighted by Crippen LogP contribution is -2.47. The maximum Gasteiger partial charge on any atom is 0.417 e. The number of rotatable bonds is 5. The first-order valence-electron chi connectivity index (χ1n) is 10.4. The zero-order valence-electron chi connectivity index (χ0n) is 19.0. The molecule has 1 fully saturated rings. The van der Waals surface area contributed by atoms with Gasteiger partial charge < -0.3 is 24.8 Å². The van der Waals surface area contributed by atoms with Crippen molar-refractivity contribution in [2.24, 2.45) is 0 Å². The first-order chi connectivity index (χ1) is 15.1. The van der Waals surface area contributed by atoms with Crippen LogP contribution in [0.2, 0.25) is 0 Å². The second-order valence-corrected chi connectivity index (χ2v) is 9.08. The Balaban J connectivity index is 1.91. The van der Waals surface area contributed by atoms with Crippen molar-refractivity contribution < 1.29 is 37.3 Å². The molecular weight excluding hydrogens is 443 g/mol. The number of carbonyl (C=O) groups is 2. The van der Waals surface area contributed by atoms with E-state index in [4.69, 9.17) is 14.7 Å². The summed E-state index contributed by atoms with van der Waals surface area (Å²) >= 11 is 0. The minimum Gasteiger partial charge on any atom is -0.444 e. The normalized spacial score (nSPS) is 17.1. The summed E-state index contributed by atoms with van der Waals surface area (Å²) in [7, 11) is 0. The molecule has 0 saturated carbocycles. The number of likely N-dealkylation sites (tertiary alicyclic amines) is 1. The van der Waals surface area contributed by atoms with Gasteiger partial charge in [0.05, 0.1) is 29.9 Å². The number of nitrogens with one attached hydrogen (secondary N) is 1. The van der Waals surface area contributed by atoms with Crippen LogP contribution >= 0.6 is 0 Å². The number of amides is 2. The van der Waals surface area contributed by atoms with E-state index in [9.17, 15) is 27.9 Å². The fourth-order valence-corrected chi connectivity index (χ4v) is 3.10. The van der Waals surface area contributed by atoms with E-state index in [1.807, 2.05) is 0 Å². The average Bonchev–Trinajstić information content (AvgIpc) is 2.70. The van der Waals surface area contributed by atoms with E-state index in [0.29, 0.717) is 32.0 Å². The van der Waals surface area contributed by atoms with E-state index >= 15 is 0 Å². The zero-order valence-corrected chi connectivity index (χ0v) is 19.0. The van der Waals surface area contributed by atoms with Crippen LogP contribution < -0.4 is 5.32 Å². The molecule has 1 saturated heterocycles. The minimum atomic E-state index is -4.77. The standard InChI is InChI=1S/C22H28F3N3O5/c1-20(2,3)33-19(30)28-9-7-16(8-10-28)32-13-21(4,31)18(29)27-15-6-5-14(12-26)17(11-15)22(23,24)25/h5-6,11,16,31H,7-10,13H2,1-4H3,(H,27,29). The van der Waals surface area contributed by atoms with E-state index in [1.54, 1.807) is 25.7 Å². The molecule has 1 aromatic carbocycles. The van der Waals surface area contributed by atoms with Crippen molar-refractivity contribution in [3.63, 3.8) is 0 Å². The van der Waals surface area contributed by atoms with Crippen LogP contribution in [0.25, 0.3) is 0 Å². The fraction of sp³-hybridized carbons (Fsp3) is 0.591. The number of nitrogens with zero attached hydrogens (tertiary/aromatic N) is 2. The summed E-state index contributed by atoms with van der Waals surface area (Å²) < 4.78 is 50.3. The lowest BCUT2D eigenvalue weighted by molar-refractivity contribution is -0.142. The Hall–Kier alpha value is -2.84. The third kappa shape index (κ3) is 7.61. The Labute approximate surface area is 190 Å². The van der Waals surface area contributed by atoms with E-state index in [-0.39, 0.29) is 11.8 Å². The highest BCUT2D eigenvalue weighted by Crippen LogP contribution is 2.33. The molecule has 1 heterocycles. The summed E-state index contributed by atoms with van der Waals surface area (Å²) in [6.45, 7) is 6.89. The van der Waals surface area contributed by atoms with Crippen LogP contribution in [-0.4, -0.2) is 59.0 Å². The van der Waals surface area contributed by atoms with Crippen molar-refractivity contribution in [1.29, 1.82) is 5.26 Å². The molecule has 1 aliphatic heterocycles. The number of aliphatic hydroxyl groups is 1. The van der Waals surface area contributed by atoms with Crippen molar-refractivity contribution in [3.05, 3.63) is 29.3 Å². The minimum absolute atomic E-state index is 0.211. The monoisotopic (exact) mass is 471 g/mol. The van der Waals surface area contributed by atoms with Crippen LogP contribution in [-0.2, 0) is 20.4 Å². The van der Waals surface area contributed by atoms with Gasteiger partial charge in [0, 0.05) is 18.8 Å². The Bertz CT molecular complexity index is 911. The Morgan fingerprint density at radius 1 is 1.21 bits per heavy atom. The highest BCUT2D eigenvalue weighted by Gasteiger charge is 2.36. The predicted octanol–water partition coefficient (Wildman–Crippen LogP) is 3.68. The number of anilines is 1. The lowest BCUT2D eigenvalue weighted by Gasteiger charge is -2.34. The molecule has 1 aliphatic rings. The lowest BCUT2D eigenvalue weighted by atomic mass is 10.0. The number of ether oxygens (including phenoxy) is 2. The SMILES string of the molecule is CC(C)(C)OC(=O)N1CCC(OCC(C)(O)C(=O)Nc2ccc(C#N)c(C(F)(F)F)c2)CC1. The van der Waals surface area contributed by atoms with Gasteiger partial charge in [0.15, 0.2) is 5.60 Å². The first kappa shape index (κ1) is 26.4. The molecule has 2 rings (SSSR count). The molecule has 0 spiro atoms. The summed E-state index contributed by atoms with van der Waals surface area (Å²) in [5, 5.41) is 21.6. The number of nitriles is 1. The van der Waals surface area contributed by atoms with E-state index in [0.717, 1.165) is 12.1 Å². The van der Waals surface area contributed by atoms with Gasteiger partial charge in [-0.05, 0) is 58.7 Å². The summed E-state index contributed by atoms with van der Waals surface area (Å²) in [6, 6.07) is 4.19. The summed E-state index contributed by atoms with van der Waals surface area (Å²) in [4.78, 5) is 26.1. The molecule has 2 N–H and O–H groups in total. The molecule has 8 nitrogen and oxygen atoms in total. The fourth-order valence-electron chi connectivity index (χ4n) is 3.10. The zero-order chi connectivity index (χ0) is 25.0. The Morgan fingerprint density at radius 2 is 1.82 bits per heavy atom. The average molecular weight is 471 g/mol. The predicted molar refractivity (Wildman–Crippen MR) is 112 cm³/mol. The van der Waals surface area contributed by atoms with Gasteiger partial charge >= 0.3 is 12.3 Å². The van der Waals surface area contributed by atoms with Crippen LogP contribution in [0, 0.1) is 11.3 Å². The molecule has 2 amide bonds. The Kier molecular flexibility index (Phi) is 7.98. The van der Waals surface area contributed by atoms with Crippen LogP contribution in [0.3, 0.4) is 0 Å². The molecule has 1 unspecified atom stereocenters. The van der Waals surface area contributed by atoms with Crippen molar-refractivity contribution in [2.75, 3.05) is 25.0 Å². The molecule has 0 aromatic heterocycles. The molecule has 0 bridgehead atoms. The van der Waals surface area contributed by atoms with E-state index < -0.39 is 47.1 Å². The van der Waals surface area contributed by atoms with Gasteiger partial charge in [0.25, 0.3) is 5.91 Å². The molecular formula is C22H28F3N3O5. The molecule has 33 heavy (non-hydrogen) atoms. The first-order valence-corrected chi connectivity index (χ1v) is 10.4. The quantitative estimate of drug-likeness (QED) is 0.678. The molecule has 0 radical (unpaired) electrons. The summed E-state index contributed by atoms with van der Waals surface area (Å²) in [5.74, 6) is -0.952. The number of hydrogen-bond donors (Lipinski definition) is 2. The highest BCUT2D eigenvalue weighted by molar-refractivity contribution is 5.97. The van der Waals surface area contributed by atoms with Crippen LogP contribution in [0.5, 0.6) is 0 Å². The maximum absolute atomic E-state index is 13.1. The Morgan fingerprint density at radius 3 is 2.33 bits per heavy atom. The molecule has 1 atom stereocenters. The summed E-state index contributed by atoms with van der Waals surface area (Å²) in [5.41, 5.74) is -4.60. The number of halogens is 3. The smallest absolute Gasteiger partial charge is 0.417 e. The van der Waals surface area contributed by atoms with Crippen LogP contribution in [0.4, 0.5) is 23.7 Å². The number of alkyl halides is 3. The van der Waals surface area contributed by atoms with Crippen LogP contribution in [0.1, 0.15) is 51.7 Å². The molecule has 0 aliphatic carbocycles.